The van der Waals surface area contributed by atoms with Crippen LogP contribution in [0.1, 0.15) is 33.6 Å². The predicted molar refractivity (Wildman–Crippen MR) is 63.7 cm³/mol. The molecule has 0 aromatic carbocycles. The number of nitrogens with two attached hydrogens (primary N) is 1. The van der Waals surface area contributed by atoms with E-state index in [4.69, 9.17) is 5.73 Å². The Labute approximate surface area is 93.6 Å². The molecule has 3 heteroatoms. The van der Waals surface area contributed by atoms with Crippen LogP contribution in [0.3, 0.4) is 0 Å². The third-order valence-electron chi connectivity index (χ3n) is 3.47. The van der Waals surface area contributed by atoms with Gasteiger partial charge in [0.05, 0.1) is 6.10 Å². The van der Waals surface area contributed by atoms with E-state index in [1.807, 2.05) is 0 Å². The lowest BCUT2D eigenvalue weighted by Gasteiger charge is -2.40. The Balaban J connectivity index is 2.42. The predicted octanol–water partition coefficient (Wildman–Crippen LogP) is 1.06. The third-order valence-corrected chi connectivity index (χ3v) is 3.47. The SMILES string of the molecule is CC(C)(C)C1CCCN(CC(O)CN)C1. The Morgan fingerprint density at radius 1 is 1.47 bits per heavy atom. The molecule has 3 N–H and O–H groups in total. The van der Waals surface area contributed by atoms with E-state index >= 15 is 0 Å². The minimum atomic E-state index is -0.358. The largest absolute Gasteiger partial charge is 0.390 e. The van der Waals surface area contributed by atoms with Crippen LogP contribution in [0, 0.1) is 11.3 Å². The van der Waals surface area contributed by atoms with Gasteiger partial charge in [-0.1, -0.05) is 20.8 Å². The molecule has 1 aliphatic heterocycles. The smallest absolute Gasteiger partial charge is 0.0789 e. The first kappa shape index (κ1) is 12.9. The number of hydrogen-bond acceptors (Lipinski definition) is 3. The minimum Gasteiger partial charge on any atom is -0.390 e. The van der Waals surface area contributed by atoms with E-state index in [0.717, 1.165) is 25.6 Å². The number of hydrogen-bond donors (Lipinski definition) is 2. The van der Waals surface area contributed by atoms with Gasteiger partial charge in [0.25, 0.3) is 0 Å². The normalized spacial score (nSPS) is 26.6. The van der Waals surface area contributed by atoms with Gasteiger partial charge >= 0.3 is 0 Å². The lowest BCUT2D eigenvalue weighted by Crippen LogP contribution is -2.45. The molecule has 0 spiro atoms. The molecule has 1 heterocycles. The van der Waals surface area contributed by atoms with Crippen LogP contribution in [0.15, 0.2) is 0 Å². The van der Waals surface area contributed by atoms with Crippen LogP contribution in [-0.2, 0) is 0 Å². The van der Waals surface area contributed by atoms with Crippen LogP contribution in [0.5, 0.6) is 0 Å². The second-order valence-corrected chi connectivity index (χ2v) is 5.85. The van der Waals surface area contributed by atoms with Crippen molar-refractivity contribution in [2.45, 2.75) is 39.7 Å². The van der Waals surface area contributed by atoms with E-state index in [1.54, 1.807) is 0 Å². The molecule has 2 atom stereocenters. The molecular weight excluding hydrogens is 188 g/mol. The van der Waals surface area contributed by atoms with Crippen molar-refractivity contribution in [2.24, 2.45) is 17.1 Å². The molecular formula is C12H26N2O. The zero-order chi connectivity index (χ0) is 11.5. The lowest BCUT2D eigenvalue weighted by atomic mass is 9.76. The van der Waals surface area contributed by atoms with E-state index in [0.29, 0.717) is 12.0 Å². The standard InChI is InChI=1S/C12H26N2O/c1-12(2,3)10-5-4-6-14(8-10)9-11(15)7-13/h10-11,15H,4-9,13H2,1-3H3. The molecule has 1 fully saturated rings. The van der Waals surface area contributed by atoms with Crippen LogP contribution in [0.4, 0.5) is 0 Å². The van der Waals surface area contributed by atoms with Crippen molar-refractivity contribution in [2.75, 3.05) is 26.2 Å². The number of likely N-dealkylation sites (tertiary alicyclic amines) is 1. The maximum atomic E-state index is 9.53. The van der Waals surface area contributed by atoms with Crippen molar-refractivity contribution in [3.63, 3.8) is 0 Å². The van der Waals surface area contributed by atoms with Crippen LogP contribution < -0.4 is 5.73 Å². The summed E-state index contributed by atoms with van der Waals surface area (Å²) in [5, 5.41) is 9.53. The topological polar surface area (TPSA) is 49.5 Å². The fraction of sp³-hybridized carbons (Fsp3) is 1.00. The summed E-state index contributed by atoms with van der Waals surface area (Å²) in [6.45, 7) is 10.3. The maximum absolute atomic E-state index is 9.53. The average Bonchev–Trinajstić information content (AvgIpc) is 2.17. The number of piperidine rings is 1. The zero-order valence-electron chi connectivity index (χ0n) is 10.4. The summed E-state index contributed by atoms with van der Waals surface area (Å²) in [6, 6.07) is 0. The quantitative estimate of drug-likeness (QED) is 0.738. The summed E-state index contributed by atoms with van der Waals surface area (Å²) in [4.78, 5) is 2.36. The Bertz CT molecular complexity index is 189. The van der Waals surface area contributed by atoms with Crippen molar-refractivity contribution in [3.8, 4) is 0 Å². The zero-order valence-corrected chi connectivity index (χ0v) is 10.4. The Hall–Kier alpha value is -0.120. The molecule has 1 saturated heterocycles. The highest BCUT2D eigenvalue weighted by Crippen LogP contribution is 2.33. The molecule has 0 saturated carbocycles. The number of β-amino-alcohol motifs (C(OH)–C–C–N with tert-alkyl or cyclic N) is 1. The Morgan fingerprint density at radius 2 is 2.13 bits per heavy atom. The molecule has 0 radical (unpaired) electrons. The van der Waals surface area contributed by atoms with E-state index in [-0.39, 0.29) is 6.10 Å². The average molecular weight is 214 g/mol. The second-order valence-electron chi connectivity index (χ2n) is 5.85. The van der Waals surface area contributed by atoms with Gasteiger partial charge in [-0.25, -0.2) is 0 Å². The number of aliphatic hydroxyl groups is 1. The van der Waals surface area contributed by atoms with Crippen molar-refractivity contribution < 1.29 is 5.11 Å². The molecule has 0 aromatic heterocycles. The van der Waals surface area contributed by atoms with Crippen LogP contribution >= 0.6 is 0 Å². The van der Waals surface area contributed by atoms with Crippen molar-refractivity contribution in [3.05, 3.63) is 0 Å². The molecule has 2 unspecified atom stereocenters. The molecule has 1 rings (SSSR count). The fourth-order valence-corrected chi connectivity index (χ4v) is 2.30. The monoisotopic (exact) mass is 214 g/mol. The molecule has 1 aliphatic rings. The van der Waals surface area contributed by atoms with Crippen molar-refractivity contribution in [1.82, 2.24) is 4.90 Å². The highest BCUT2D eigenvalue weighted by molar-refractivity contribution is 4.82. The summed E-state index contributed by atoms with van der Waals surface area (Å²) in [5.41, 5.74) is 5.81. The van der Waals surface area contributed by atoms with Gasteiger partial charge in [0, 0.05) is 19.6 Å². The summed E-state index contributed by atoms with van der Waals surface area (Å²) < 4.78 is 0. The molecule has 3 nitrogen and oxygen atoms in total. The van der Waals surface area contributed by atoms with Gasteiger partial charge in [-0.3, -0.25) is 0 Å². The number of rotatable bonds is 3. The highest BCUT2D eigenvalue weighted by Gasteiger charge is 2.29. The number of aliphatic hydroxyl groups excluding tert-OH is 1. The van der Waals surface area contributed by atoms with E-state index in [9.17, 15) is 5.11 Å². The molecule has 0 bridgehead atoms. The highest BCUT2D eigenvalue weighted by atomic mass is 16.3. The Kier molecular flexibility index (Phi) is 4.56. The summed E-state index contributed by atoms with van der Waals surface area (Å²) >= 11 is 0. The number of nitrogens with zero attached hydrogens (tertiary/aromatic N) is 1. The maximum Gasteiger partial charge on any atom is 0.0789 e. The first-order valence-corrected chi connectivity index (χ1v) is 6.04. The van der Waals surface area contributed by atoms with Gasteiger partial charge in [-0.15, -0.1) is 0 Å². The third kappa shape index (κ3) is 4.09. The van der Waals surface area contributed by atoms with Gasteiger partial charge < -0.3 is 15.7 Å². The van der Waals surface area contributed by atoms with Crippen LogP contribution in [0.25, 0.3) is 0 Å². The van der Waals surface area contributed by atoms with Gasteiger partial charge in [0.1, 0.15) is 0 Å². The Morgan fingerprint density at radius 3 is 2.67 bits per heavy atom. The molecule has 90 valence electrons. The molecule has 15 heavy (non-hydrogen) atoms. The molecule has 0 aromatic rings. The van der Waals surface area contributed by atoms with E-state index in [1.165, 1.54) is 12.8 Å². The van der Waals surface area contributed by atoms with E-state index < -0.39 is 0 Å². The first-order valence-electron chi connectivity index (χ1n) is 6.04. The van der Waals surface area contributed by atoms with Crippen molar-refractivity contribution in [1.29, 1.82) is 0 Å². The first-order chi connectivity index (χ1) is 6.93. The fourth-order valence-electron chi connectivity index (χ4n) is 2.30. The summed E-state index contributed by atoms with van der Waals surface area (Å²) in [5.74, 6) is 0.747. The molecule has 0 amide bonds. The van der Waals surface area contributed by atoms with Gasteiger partial charge in [-0.05, 0) is 30.7 Å². The van der Waals surface area contributed by atoms with Gasteiger partial charge in [-0.2, -0.15) is 0 Å². The van der Waals surface area contributed by atoms with Crippen LogP contribution in [0.2, 0.25) is 0 Å². The van der Waals surface area contributed by atoms with E-state index in [2.05, 4.69) is 25.7 Å². The summed E-state index contributed by atoms with van der Waals surface area (Å²) in [7, 11) is 0. The van der Waals surface area contributed by atoms with Gasteiger partial charge in [0.2, 0.25) is 0 Å². The van der Waals surface area contributed by atoms with Crippen LogP contribution in [-0.4, -0.2) is 42.3 Å². The second kappa shape index (κ2) is 5.28. The summed E-state index contributed by atoms with van der Waals surface area (Å²) in [6.07, 6.45) is 2.21. The minimum absolute atomic E-state index is 0.358. The molecule has 0 aliphatic carbocycles. The van der Waals surface area contributed by atoms with Crippen molar-refractivity contribution >= 4 is 0 Å². The van der Waals surface area contributed by atoms with Gasteiger partial charge in [0.15, 0.2) is 0 Å². The lowest BCUT2D eigenvalue weighted by molar-refractivity contribution is 0.0575.